The molecule has 1 atom stereocenters. The van der Waals surface area contributed by atoms with Crippen LogP contribution in [0.4, 0.5) is 5.69 Å². The normalized spacial score (nSPS) is 14.5. The van der Waals surface area contributed by atoms with Gasteiger partial charge in [0, 0.05) is 28.2 Å². The van der Waals surface area contributed by atoms with Crippen LogP contribution >= 0.6 is 23.2 Å². The van der Waals surface area contributed by atoms with E-state index in [2.05, 4.69) is 5.32 Å². The highest BCUT2D eigenvalue weighted by molar-refractivity contribution is 7.92. The Labute approximate surface area is 270 Å². The maximum Gasteiger partial charge on any atom is 0.264 e. The van der Waals surface area contributed by atoms with Crippen LogP contribution in [-0.2, 0) is 26.2 Å². The number of hydrogen-bond acceptors (Lipinski definition) is 5. The highest BCUT2D eigenvalue weighted by Crippen LogP contribution is 2.29. The van der Waals surface area contributed by atoms with Crippen LogP contribution in [0.2, 0.25) is 10.0 Å². The Balaban J connectivity index is 1.70. The number of carbonyl (C=O) groups excluding carboxylic acids is 2. The summed E-state index contributed by atoms with van der Waals surface area (Å²) in [6, 6.07) is 17.1. The molecule has 0 aliphatic heterocycles. The number of ether oxygens (including phenoxy) is 1. The third-order valence-corrected chi connectivity index (χ3v) is 10.3. The summed E-state index contributed by atoms with van der Waals surface area (Å²) in [4.78, 5) is 29.1. The fourth-order valence-corrected chi connectivity index (χ4v) is 7.18. The lowest BCUT2D eigenvalue weighted by Gasteiger charge is -2.33. The summed E-state index contributed by atoms with van der Waals surface area (Å²) in [5.74, 6) is -0.364. The molecule has 11 heteroatoms. The van der Waals surface area contributed by atoms with Gasteiger partial charge in [-0.3, -0.25) is 13.9 Å². The van der Waals surface area contributed by atoms with Crippen molar-refractivity contribution in [3.05, 3.63) is 87.9 Å². The quantitative estimate of drug-likeness (QED) is 0.232. The minimum atomic E-state index is -4.21. The number of sulfonamides is 1. The number of rotatable bonds is 12. The van der Waals surface area contributed by atoms with Crippen molar-refractivity contribution >= 4 is 50.7 Å². The maximum absolute atomic E-state index is 14.2. The van der Waals surface area contributed by atoms with Gasteiger partial charge < -0.3 is 15.0 Å². The SMILES string of the molecule is CCOc1ccc(S(=O)(=O)N(CC(=O)N(Cc2c(Cl)cccc2Cl)[C@@H](C)C(=O)NC2CCCCC2)c2ccc(C)cc2)cc1. The molecule has 0 aromatic heterocycles. The molecule has 0 bridgehead atoms. The Morgan fingerprint density at radius 3 is 2.16 bits per heavy atom. The standard InChI is InChI=1S/C33H39Cl2N3O5S/c1-4-43-27-17-19-28(20-18-27)44(41,42)38(26-15-13-23(2)14-16-26)22-32(39)37(21-29-30(34)11-8-12-31(29)35)24(3)33(40)36-25-9-6-5-7-10-25/h8,11-20,24-25H,4-7,9-10,21-22H2,1-3H3,(H,36,40)/t24-/m0/s1. The van der Waals surface area contributed by atoms with Gasteiger partial charge in [0.1, 0.15) is 18.3 Å². The highest BCUT2D eigenvalue weighted by Gasteiger charge is 2.34. The first kappa shape index (κ1) is 33.6. The molecule has 4 rings (SSSR count). The molecule has 1 fully saturated rings. The van der Waals surface area contributed by atoms with Crippen molar-refractivity contribution in [3.63, 3.8) is 0 Å². The molecule has 1 aliphatic rings. The average molecular weight is 661 g/mol. The average Bonchev–Trinajstić information content (AvgIpc) is 3.01. The number of nitrogens with zero attached hydrogens (tertiary/aromatic N) is 2. The predicted molar refractivity (Wildman–Crippen MR) is 175 cm³/mol. The van der Waals surface area contributed by atoms with Crippen molar-refractivity contribution < 1.29 is 22.7 Å². The van der Waals surface area contributed by atoms with Gasteiger partial charge in [-0.1, -0.05) is 66.2 Å². The molecule has 1 saturated carbocycles. The Bertz CT molecular complexity index is 1520. The molecular weight excluding hydrogens is 621 g/mol. The van der Waals surface area contributed by atoms with E-state index >= 15 is 0 Å². The lowest BCUT2D eigenvalue weighted by molar-refractivity contribution is -0.139. The topological polar surface area (TPSA) is 96.0 Å². The van der Waals surface area contributed by atoms with Gasteiger partial charge >= 0.3 is 0 Å². The van der Waals surface area contributed by atoms with Gasteiger partial charge in [0.05, 0.1) is 17.2 Å². The molecule has 2 amide bonds. The van der Waals surface area contributed by atoms with Crippen molar-refractivity contribution in [2.75, 3.05) is 17.5 Å². The molecule has 44 heavy (non-hydrogen) atoms. The number of nitrogens with one attached hydrogen (secondary N) is 1. The van der Waals surface area contributed by atoms with Crippen LogP contribution in [0.15, 0.2) is 71.6 Å². The van der Waals surface area contributed by atoms with E-state index in [1.54, 1.807) is 61.5 Å². The zero-order valence-corrected chi connectivity index (χ0v) is 27.6. The molecule has 1 aliphatic carbocycles. The second kappa shape index (κ2) is 15.1. The lowest BCUT2D eigenvalue weighted by Crippen LogP contribution is -2.53. The van der Waals surface area contributed by atoms with E-state index in [-0.39, 0.29) is 23.4 Å². The van der Waals surface area contributed by atoms with Gasteiger partial charge in [-0.15, -0.1) is 0 Å². The van der Waals surface area contributed by atoms with Crippen LogP contribution in [0.1, 0.15) is 57.1 Å². The minimum Gasteiger partial charge on any atom is -0.494 e. The summed E-state index contributed by atoms with van der Waals surface area (Å²) in [7, 11) is -4.21. The summed E-state index contributed by atoms with van der Waals surface area (Å²) in [6.07, 6.45) is 4.96. The molecule has 3 aromatic carbocycles. The molecule has 0 spiro atoms. The number of carbonyl (C=O) groups is 2. The fraction of sp³-hybridized carbons (Fsp3) is 0.394. The van der Waals surface area contributed by atoms with Crippen LogP contribution in [0.5, 0.6) is 5.75 Å². The Morgan fingerprint density at radius 1 is 0.955 bits per heavy atom. The number of amides is 2. The second-order valence-corrected chi connectivity index (χ2v) is 13.7. The largest absolute Gasteiger partial charge is 0.494 e. The zero-order chi connectivity index (χ0) is 31.9. The van der Waals surface area contributed by atoms with Gasteiger partial charge in [0.15, 0.2) is 0 Å². The van der Waals surface area contributed by atoms with Gasteiger partial charge in [-0.05, 0) is 82.1 Å². The van der Waals surface area contributed by atoms with Crippen molar-refractivity contribution in [2.45, 2.75) is 76.4 Å². The van der Waals surface area contributed by atoms with Gasteiger partial charge in [-0.2, -0.15) is 0 Å². The van der Waals surface area contributed by atoms with Gasteiger partial charge in [0.2, 0.25) is 11.8 Å². The molecule has 8 nitrogen and oxygen atoms in total. The van der Waals surface area contributed by atoms with E-state index in [9.17, 15) is 18.0 Å². The van der Waals surface area contributed by atoms with Crippen LogP contribution in [0.3, 0.4) is 0 Å². The third-order valence-electron chi connectivity index (χ3n) is 7.83. The van der Waals surface area contributed by atoms with Crippen molar-refractivity contribution in [1.82, 2.24) is 10.2 Å². The van der Waals surface area contributed by atoms with E-state index in [4.69, 9.17) is 27.9 Å². The fourth-order valence-electron chi connectivity index (χ4n) is 5.25. The molecule has 0 radical (unpaired) electrons. The van der Waals surface area contributed by atoms with Crippen molar-refractivity contribution in [2.24, 2.45) is 0 Å². The summed E-state index contributed by atoms with van der Waals surface area (Å²) < 4.78 is 34.7. The maximum atomic E-state index is 14.2. The number of benzene rings is 3. The van der Waals surface area contributed by atoms with E-state index in [0.29, 0.717) is 33.7 Å². The number of halogens is 2. The first-order valence-electron chi connectivity index (χ1n) is 14.9. The van der Waals surface area contributed by atoms with Crippen LogP contribution < -0.4 is 14.4 Å². The molecule has 0 unspecified atom stereocenters. The Morgan fingerprint density at radius 2 is 1.57 bits per heavy atom. The molecule has 1 N–H and O–H groups in total. The van der Waals surface area contributed by atoms with Crippen LogP contribution in [0, 0.1) is 6.92 Å². The Hall–Kier alpha value is -3.27. The first-order chi connectivity index (χ1) is 21.0. The van der Waals surface area contributed by atoms with E-state index in [0.717, 1.165) is 42.0 Å². The monoisotopic (exact) mass is 659 g/mol. The second-order valence-electron chi connectivity index (χ2n) is 11.0. The van der Waals surface area contributed by atoms with Crippen molar-refractivity contribution in [3.8, 4) is 5.75 Å². The van der Waals surface area contributed by atoms with Crippen molar-refractivity contribution in [1.29, 1.82) is 0 Å². The molecule has 0 heterocycles. The molecular formula is C33H39Cl2N3O5S. The molecule has 3 aromatic rings. The molecule has 0 saturated heterocycles. The summed E-state index contributed by atoms with van der Waals surface area (Å²) in [5.41, 5.74) is 1.71. The van der Waals surface area contributed by atoms with E-state index in [1.807, 2.05) is 13.8 Å². The number of anilines is 1. The number of aryl methyl sites for hydroxylation is 1. The van der Waals surface area contributed by atoms with Crippen LogP contribution in [0.25, 0.3) is 0 Å². The molecule has 236 valence electrons. The Kier molecular flexibility index (Phi) is 11.6. The van der Waals surface area contributed by atoms with Gasteiger partial charge in [0.25, 0.3) is 10.0 Å². The van der Waals surface area contributed by atoms with Crippen LogP contribution in [-0.4, -0.2) is 50.4 Å². The summed E-state index contributed by atoms with van der Waals surface area (Å²) in [6.45, 7) is 5.17. The van der Waals surface area contributed by atoms with E-state index in [1.165, 1.54) is 17.0 Å². The smallest absolute Gasteiger partial charge is 0.264 e. The van der Waals surface area contributed by atoms with Gasteiger partial charge in [-0.25, -0.2) is 8.42 Å². The van der Waals surface area contributed by atoms with E-state index < -0.39 is 28.5 Å². The minimum absolute atomic E-state index is 0.00174. The lowest BCUT2D eigenvalue weighted by atomic mass is 9.95. The predicted octanol–water partition coefficient (Wildman–Crippen LogP) is 6.76. The highest BCUT2D eigenvalue weighted by atomic mass is 35.5. The summed E-state index contributed by atoms with van der Waals surface area (Å²) >= 11 is 13.0. The summed E-state index contributed by atoms with van der Waals surface area (Å²) in [5, 5.41) is 3.77. The number of hydrogen-bond donors (Lipinski definition) is 1. The third kappa shape index (κ3) is 8.25. The first-order valence-corrected chi connectivity index (χ1v) is 17.1. The zero-order valence-electron chi connectivity index (χ0n) is 25.3.